The number of ketones is 1. The quantitative estimate of drug-likeness (QED) is 0.763. The van der Waals surface area contributed by atoms with E-state index in [1.165, 1.54) is 0 Å². The molecule has 3 rings (SSSR count). The molecule has 0 saturated carbocycles. The SMILES string of the molecule is O=C(Cc1cc(Cl)cc2c1OCC2)c1ccccc1Br. The standard InChI is InChI=1S/C16H12BrClO2/c17-14-4-2-1-3-13(14)15(19)9-11-8-12(18)7-10-5-6-20-16(10)11/h1-4,7-8H,5-6,9H2. The molecule has 0 unspecified atom stereocenters. The molecule has 0 aromatic heterocycles. The van der Waals surface area contributed by atoms with Crippen LogP contribution in [0.15, 0.2) is 40.9 Å². The fraction of sp³-hybridized carbons (Fsp3) is 0.188. The van der Waals surface area contributed by atoms with Crippen LogP contribution < -0.4 is 4.74 Å². The van der Waals surface area contributed by atoms with E-state index in [1.54, 1.807) is 0 Å². The van der Waals surface area contributed by atoms with E-state index in [2.05, 4.69) is 15.9 Å². The molecule has 2 aromatic carbocycles. The lowest BCUT2D eigenvalue weighted by Crippen LogP contribution is -2.05. The van der Waals surface area contributed by atoms with E-state index in [1.807, 2.05) is 36.4 Å². The number of Topliss-reactive ketones (excluding diaryl/α,β-unsaturated/α-hetero) is 1. The summed E-state index contributed by atoms with van der Waals surface area (Å²) in [5.41, 5.74) is 2.64. The lowest BCUT2D eigenvalue weighted by atomic mass is 10.00. The van der Waals surface area contributed by atoms with Gasteiger partial charge in [0.15, 0.2) is 5.78 Å². The van der Waals surface area contributed by atoms with Crippen LogP contribution in [0.4, 0.5) is 0 Å². The Morgan fingerprint density at radius 3 is 2.90 bits per heavy atom. The molecule has 0 bridgehead atoms. The molecule has 20 heavy (non-hydrogen) atoms. The monoisotopic (exact) mass is 350 g/mol. The van der Waals surface area contributed by atoms with Gasteiger partial charge in [0, 0.05) is 33.5 Å². The fourth-order valence-corrected chi connectivity index (χ4v) is 3.20. The van der Waals surface area contributed by atoms with Crippen LogP contribution in [0.1, 0.15) is 21.5 Å². The summed E-state index contributed by atoms with van der Waals surface area (Å²) in [4.78, 5) is 12.4. The molecule has 0 aliphatic carbocycles. The van der Waals surface area contributed by atoms with Crippen molar-refractivity contribution >= 4 is 33.3 Å². The minimum atomic E-state index is 0.0532. The van der Waals surface area contributed by atoms with Gasteiger partial charge in [-0.15, -0.1) is 0 Å². The predicted molar refractivity (Wildman–Crippen MR) is 82.8 cm³/mol. The summed E-state index contributed by atoms with van der Waals surface area (Å²) in [7, 11) is 0. The first kappa shape index (κ1) is 13.7. The molecule has 2 aromatic rings. The van der Waals surface area contributed by atoms with Crippen LogP contribution in [0.5, 0.6) is 5.75 Å². The van der Waals surface area contributed by atoms with Gasteiger partial charge in [-0.25, -0.2) is 0 Å². The first-order valence-corrected chi connectivity index (χ1v) is 7.54. The number of carbonyl (C=O) groups excluding carboxylic acids is 1. The number of hydrogen-bond acceptors (Lipinski definition) is 2. The maximum Gasteiger partial charge on any atom is 0.168 e. The maximum atomic E-state index is 12.4. The van der Waals surface area contributed by atoms with E-state index in [0.29, 0.717) is 23.6 Å². The third-order valence-electron chi connectivity index (χ3n) is 3.35. The van der Waals surface area contributed by atoms with Crippen LogP contribution in [0, 0.1) is 0 Å². The van der Waals surface area contributed by atoms with Crippen molar-refractivity contribution in [3.63, 3.8) is 0 Å². The van der Waals surface area contributed by atoms with Gasteiger partial charge in [-0.3, -0.25) is 4.79 Å². The van der Waals surface area contributed by atoms with Crippen molar-refractivity contribution in [2.45, 2.75) is 12.8 Å². The molecule has 0 atom stereocenters. The average Bonchev–Trinajstić information content (AvgIpc) is 2.87. The second-order valence-electron chi connectivity index (χ2n) is 4.73. The van der Waals surface area contributed by atoms with Crippen molar-refractivity contribution in [3.8, 4) is 5.75 Å². The second kappa shape index (κ2) is 5.58. The van der Waals surface area contributed by atoms with Gasteiger partial charge in [-0.1, -0.05) is 45.7 Å². The molecular weight excluding hydrogens is 340 g/mol. The highest BCUT2D eigenvalue weighted by Gasteiger charge is 2.20. The van der Waals surface area contributed by atoms with Crippen molar-refractivity contribution < 1.29 is 9.53 Å². The smallest absolute Gasteiger partial charge is 0.168 e. The summed E-state index contributed by atoms with van der Waals surface area (Å²) in [5.74, 6) is 0.882. The molecule has 0 N–H and O–H groups in total. The van der Waals surface area contributed by atoms with E-state index in [9.17, 15) is 4.79 Å². The summed E-state index contributed by atoms with van der Waals surface area (Å²) >= 11 is 9.52. The molecule has 1 aliphatic heterocycles. The summed E-state index contributed by atoms with van der Waals surface area (Å²) in [6, 6.07) is 11.2. The Kier molecular flexibility index (Phi) is 3.81. The number of fused-ring (bicyclic) bond motifs is 1. The van der Waals surface area contributed by atoms with Gasteiger partial charge in [-0.05, 0) is 23.8 Å². The summed E-state index contributed by atoms with van der Waals surface area (Å²) in [6.07, 6.45) is 1.15. The van der Waals surface area contributed by atoms with E-state index >= 15 is 0 Å². The Labute approximate surface area is 130 Å². The van der Waals surface area contributed by atoms with Gasteiger partial charge in [0.1, 0.15) is 5.75 Å². The molecule has 1 heterocycles. The molecule has 0 spiro atoms. The van der Waals surface area contributed by atoms with Crippen LogP contribution in [-0.2, 0) is 12.8 Å². The first-order valence-electron chi connectivity index (χ1n) is 6.37. The van der Waals surface area contributed by atoms with Crippen LogP contribution in [-0.4, -0.2) is 12.4 Å². The molecule has 4 heteroatoms. The van der Waals surface area contributed by atoms with Gasteiger partial charge in [0.25, 0.3) is 0 Å². The maximum absolute atomic E-state index is 12.4. The summed E-state index contributed by atoms with van der Waals surface area (Å²) in [6.45, 7) is 0.659. The third-order valence-corrected chi connectivity index (χ3v) is 4.26. The van der Waals surface area contributed by atoms with Crippen LogP contribution in [0.2, 0.25) is 5.02 Å². The minimum Gasteiger partial charge on any atom is -0.493 e. The third kappa shape index (κ3) is 2.60. The number of halogens is 2. The number of hydrogen-bond donors (Lipinski definition) is 0. The summed E-state index contributed by atoms with van der Waals surface area (Å²) < 4.78 is 6.44. The van der Waals surface area contributed by atoms with Gasteiger partial charge in [-0.2, -0.15) is 0 Å². The highest BCUT2D eigenvalue weighted by Crippen LogP contribution is 2.34. The zero-order valence-corrected chi connectivity index (χ0v) is 13.0. The van der Waals surface area contributed by atoms with Crippen molar-refractivity contribution in [1.29, 1.82) is 0 Å². The second-order valence-corrected chi connectivity index (χ2v) is 6.02. The number of ether oxygens (including phenoxy) is 1. The van der Waals surface area contributed by atoms with Crippen molar-refractivity contribution in [2.24, 2.45) is 0 Å². The lowest BCUT2D eigenvalue weighted by molar-refractivity contribution is 0.0991. The first-order chi connectivity index (χ1) is 9.65. The van der Waals surface area contributed by atoms with Crippen LogP contribution >= 0.6 is 27.5 Å². The molecule has 102 valence electrons. The minimum absolute atomic E-state index is 0.0532. The molecule has 2 nitrogen and oxygen atoms in total. The zero-order valence-electron chi connectivity index (χ0n) is 10.7. The van der Waals surface area contributed by atoms with Crippen molar-refractivity contribution in [1.82, 2.24) is 0 Å². The van der Waals surface area contributed by atoms with Crippen LogP contribution in [0.25, 0.3) is 0 Å². The van der Waals surface area contributed by atoms with E-state index in [0.717, 1.165) is 27.8 Å². The zero-order chi connectivity index (χ0) is 14.1. The van der Waals surface area contributed by atoms with E-state index in [-0.39, 0.29) is 5.78 Å². The van der Waals surface area contributed by atoms with Crippen molar-refractivity contribution in [2.75, 3.05) is 6.61 Å². The highest BCUT2D eigenvalue weighted by atomic mass is 79.9. The predicted octanol–water partition coefficient (Wildman–Crippen LogP) is 4.46. The molecule has 1 aliphatic rings. The lowest BCUT2D eigenvalue weighted by Gasteiger charge is -2.09. The average molecular weight is 352 g/mol. The van der Waals surface area contributed by atoms with E-state index in [4.69, 9.17) is 16.3 Å². The summed E-state index contributed by atoms with van der Waals surface area (Å²) in [5, 5.41) is 0.657. The topological polar surface area (TPSA) is 26.3 Å². The molecule has 0 amide bonds. The fourth-order valence-electron chi connectivity index (χ4n) is 2.43. The normalized spacial score (nSPS) is 12.9. The highest BCUT2D eigenvalue weighted by molar-refractivity contribution is 9.10. The van der Waals surface area contributed by atoms with Crippen LogP contribution in [0.3, 0.4) is 0 Å². The van der Waals surface area contributed by atoms with Gasteiger partial charge < -0.3 is 4.74 Å². The van der Waals surface area contributed by atoms with Gasteiger partial charge in [0.05, 0.1) is 6.61 Å². The molecular formula is C16H12BrClO2. The largest absolute Gasteiger partial charge is 0.493 e. The van der Waals surface area contributed by atoms with Gasteiger partial charge in [0.2, 0.25) is 0 Å². The molecule has 0 saturated heterocycles. The Balaban J connectivity index is 1.93. The number of benzene rings is 2. The molecule has 0 radical (unpaired) electrons. The Morgan fingerprint density at radius 2 is 2.10 bits per heavy atom. The Morgan fingerprint density at radius 1 is 1.30 bits per heavy atom. The Bertz CT molecular complexity index is 682. The van der Waals surface area contributed by atoms with E-state index < -0.39 is 0 Å². The van der Waals surface area contributed by atoms with Gasteiger partial charge >= 0.3 is 0 Å². The number of rotatable bonds is 3. The molecule has 0 fully saturated rings. The number of carbonyl (C=O) groups is 1. The Hall–Kier alpha value is -1.32. The van der Waals surface area contributed by atoms with Crippen molar-refractivity contribution in [3.05, 3.63) is 62.6 Å².